The average Bonchev–Trinajstić information content (AvgIpc) is 3.33. The first kappa shape index (κ1) is 14.9. The van der Waals surface area contributed by atoms with Gasteiger partial charge in [-0.05, 0) is 63.2 Å². The maximum atomic E-state index is 12.9. The van der Waals surface area contributed by atoms with Crippen LogP contribution in [0.15, 0.2) is 18.2 Å². The molecule has 0 aromatic heterocycles. The van der Waals surface area contributed by atoms with Crippen molar-refractivity contribution in [1.82, 2.24) is 10.2 Å². The maximum Gasteiger partial charge on any atom is 0.255 e. The van der Waals surface area contributed by atoms with Gasteiger partial charge in [0.05, 0.1) is 10.6 Å². The highest BCUT2D eigenvalue weighted by molar-refractivity contribution is 6.34. The van der Waals surface area contributed by atoms with E-state index in [4.69, 9.17) is 11.6 Å². The molecule has 114 valence electrons. The van der Waals surface area contributed by atoms with Crippen LogP contribution < -0.4 is 5.32 Å². The summed E-state index contributed by atoms with van der Waals surface area (Å²) >= 11 is 6.34. The number of nitrogens with one attached hydrogen (secondary N) is 1. The van der Waals surface area contributed by atoms with Gasteiger partial charge in [0, 0.05) is 12.6 Å². The van der Waals surface area contributed by atoms with Crippen molar-refractivity contribution in [3.8, 4) is 0 Å². The molecule has 0 unspecified atom stereocenters. The zero-order valence-electron chi connectivity index (χ0n) is 12.6. The van der Waals surface area contributed by atoms with Crippen molar-refractivity contribution in [1.29, 1.82) is 0 Å². The predicted octanol–water partition coefficient (Wildman–Crippen LogP) is 3.25. The van der Waals surface area contributed by atoms with Crippen LogP contribution in [0.2, 0.25) is 5.02 Å². The molecule has 1 aliphatic heterocycles. The Morgan fingerprint density at radius 1 is 1.29 bits per heavy atom. The Morgan fingerprint density at radius 3 is 2.67 bits per heavy atom. The van der Waals surface area contributed by atoms with E-state index < -0.39 is 0 Å². The highest BCUT2D eigenvalue weighted by Crippen LogP contribution is 2.32. The molecule has 1 N–H and O–H groups in total. The van der Waals surface area contributed by atoms with Crippen LogP contribution in [0.3, 0.4) is 0 Å². The number of hydrogen-bond acceptors (Lipinski definition) is 2. The standard InChI is InChI=1S/C17H23ClN2O/c1-12-3-2-4-15(16(12)18)17(21)20(14-5-6-14)11-13-7-9-19-10-8-13/h2-4,13-14,19H,5-11H2,1H3. The number of piperidine rings is 1. The molecule has 0 radical (unpaired) electrons. The molecular formula is C17H23ClN2O. The lowest BCUT2D eigenvalue weighted by Gasteiger charge is -2.30. The third kappa shape index (κ3) is 3.41. The number of carbonyl (C=O) groups is 1. The van der Waals surface area contributed by atoms with Crippen molar-refractivity contribution in [3.05, 3.63) is 34.3 Å². The number of benzene rings is 1. The molecule has 1 aromatic carbocycles. The van der Waals surface area contributed by atoms with E-state index in [1.165, 1.54) is 0 Å². The molecule has 1 saturated carbocycles. The van der Waals surface area contributed by atoms with Gasteiger partial charge in [0.25, 0.3) is 5.91 Å². The summed E-state index contributed by atoms with van der Waals surface area (Å²) in [6.45, 7) is 4.98. The van der Waals surface area contributed by atoms with Gasteiger partial charge in [0.15, 0.2) is 0 Å². The molecule has 1 aliphatic carbocycles. The van der Waals surface area contributed by atoms with Gasteiger partial charge in [-0.15, -0.1) is 0 Å². The largest absolute Gasteiger partial charge is 0.335 e. The van der Waals surface area contributed by atoms with Crippen LogP contribution >= 0.6 is 11.6 Å². The van der Waals surface area contributed by atoms with Crippen LogP contribution in [0.1, 0.15) is 41.6 Å². The van der Waals surface area contributed by atoms with Gasteiger partial charge >= 0.3 is 0 Å². The van der Waals surface area contributed by atoms with Crippen molar-refractivity contribution < 1.29 is 4.79 Å². The molecule has 0 spiro atoms. The highest BCUT2D eigenvalue weighted by atomic mass is 35.5. The maximum absolute atomic E-state index is 12.9. The van der Waals surface area contributed by atoms with Crippen molar-refractivity contribution in [2.45, 2.75) is 38.6 Å². The highest BCUT2D eigenvalue weighted by Gasteiger charge is 2.35. The van der Waals surface area contributed by atoms with Crippen LogP contribution in [0.4, 0.5) is 0 Å². The summed E-state index contributed by atoms with van der Waals surface area (Å²) in [7, 11) is 0. The summed E-state index contributed by atoms with van der Waals surface area (Å²) in [6.07, 6.45) is 4.61. The summed E-state index contributed by atoms with van der Waals surface area (Å²) in [5, 5.41) is 4.00. The summed E-state index contributed by atoms with van der Waals surface area (Å²) in [5.41, 5.74) is 1.64. The molecule has 3 rings (SSSR count). The zero-order chi connectivity index (χ0) is 14.8. The Labute approximate surface area is 131 Å². The molecule has 1 heterocycles. The van der Waals surface area contributed by atoms with Crippen LogP contribution in [0.5, 0.6) is 0 Å². The van der Waals surface area contributed by atoms with E-state index in [-0.39, 0.29) is 5.91 Å². The summed E-state index contributed by atoms with van der Waals surface area (Å²) in [4.78, 5) is 15.0. The van der Waals surface area contributed by atoms with Crippen LogP contribution in [0, 0.1) is 12.8 Å². The topological polar surface area (TPSA) is 32.3 Å². The van der Waals surface area contributed by atoms with Gasteiger partial charge in [-0.2, -0.15) is 0 Å². The number of amides is 1. The minimum atomic E-state index is 0.115. The molecule has 2 fully saturated rings. The van der Waals surface area contributed by atoms with Crippen LogP contribution in [-0.2, 0) is 0 Å². The Kier molecular flexibility index (Phi) is 4.51. The third-order valence-corrected chi connectivity index (χ3v) is 5.09. The normalized spacial score (nSPS) is 19.5. The van der Waals surface area contributed by atoms with Gasteiger partial charge in [-0.3, -0.25) is 4.79 Å². The first-order chi connectivity index (χ1) is 10.2. The minimum Gasteiger partial charge on any atom is -0.335 e. The fourth-order valence-corrected chi connectivity index (χ4v) is 3.30. The summed E-state index contributed by atoms with van der Waals surface area (Å²) in [5.74, 6) is 0.740. The van der Waals surface area contributed by atoms with Gasteiger partial charge in [-0.1, -0.05) is 23.7 Å². The Balaban J connectivity index is 1.76. The second kappa shape index (κ2) is 6.37. The molecule has 0 atom stereocenters. The lowest BCUT2D eigenvalue weighted by atomic mass is 9.97. The number of nitrogens with zero attached hydrogens (tertiary/aromatic N) is 1. The molecule has 2 aliphatic rings. The van der Waals surface area contributed by atoms with Gasteiger partial charge in [-0.25, -0.2) is 0 Å². The minimum absolute atomic E-state index is 0.115. The van der Waals surface area contributed by atoms with Crippen LogP contribution in [0.25, 0.3) is 0 Å². The van der Waals surface area contributed by atoms with Crippen molar-refractivity contribution in [3.63, 3.8) is 0 Å². The number of aryl methyl sites for hydroxylation is 1. The third-order valence-electron chi connectivity index (χ3n) is 4.58. The monoisotopic (exact) mass is 306 g/mol. The first-order valence-electron chi connectivity index (χ1n) is 7.93. The molecule has 3 nitrogen and oxygen atoms in total. The number of rotatable bonds is 4. The summed E-state index contributed by atoms with van der Waals surface area (Å²) in [6, 6.07) is 6.16. The fourth-order valence-electron chi connectivity index (χ4n) is 3.09. The fraction of sp³-hybridized carbons (Fsp3) is 0.588. The number of hydrogen-bond donors (Lipinski definition) is 1. The second-order valence-corrected chi connectivity index (χ2v) is 6.70. The summed E-state index contributed by atoms with van der Waals surface area (Å²) < 4.78 is 0. The van der Waals surface area contributed by atoms with Gasteiger partial charge in [0.1, 0.15) is 0 Å². The van der Waals surface area contributed by atoms with Crippen LogP contribution in [-0.4, -0.2) is 36.5 Å². The predicted molar refractivity (Wildman–Crippen MR) is 85.8 cm³/mol. The van der Waals surface area contributed by atoms with Crippen molar-refractivity contribution in [2.75, 3.05) is 19.6 Å². The van der Waals surface area contributed by atoms with E-state index in [9.17, 15) is 4.79 Å². The molecule has 1 amide bonds. The van der Waals surface area contributed by atoms with E-state index in [0.717, 1.165) is 50.9 Å². The Hall–Kier alpha value is -1.06. The second-order valence-electron chi connectivity index (χ2n) is 6.32. The Bertz CT molecular complexity index is 522. The zero-order valence-corrected chi connectivity index (χ0v) is 13.3. The van der Waals surface area contributed by atoms with E-state index >= 15 is 0 Å². The van der Waals surface area contributed by atoms with Gasteiger partial charge in [0.2, 0.25) is 0 Å². The van der Waals surface area contributed by atoms with Gasteiger partial charge < -0.3 is 10.2 Å². The molecule has 1 aromatic rings. The molecule has 21 heavy (non-hydrogen) atoms. The Morgan fingerprint density at radius 2 is 2.00 bits per heavy atom. The van der Waals surface area contributed by atoms with E-state index in [0.29, 0.717) is 22.5 Å². The SMILES string of the molecule is Cc1cccc(C(=O)N(CC2CCNCC2)C2CC2)c1Cl. The van der Waals surface area contributed by atoms with E-state index in [2.05, 4.69) is 10.2 Å². The molecule has 0 bridgehead atoms. The molecule has 1 saturated heterocycles. The van der Waals surface area contributed by atoms with E-state index in [1.54, 1.807) is 0 Å². The number of carbonyl (C=O) groups excluding carboxylic acids is 1. The molecule has 4 heteroatoms. The number of halogens is 1. The van der Waals surface area contributed by atoms with Crippen molar-refractivity contribution in [2.24, 2.45) is 5.92 Å². The quantitative estimate of drug-likeness (QED) is 0.926. The first-order valence-corrected chi connectivity index (χ1v) is 8.31. The molecular weight excluding hydrogens is 284 g/mol. The lowest BCUT2D eigenvalue weighted by molar-refractivity contribution is 0.0702. The smallest absolute Gasteiger partial charge is 0.255 e. The van der Waals surface area contributed by atoms with Crippen molar-refractivity contribution >= 4 is 17.5 Å². The van der Waals surface area contributed by atoms with E-state index in [1.807, 2.05) is 25.1 Å². The average molecular weight is 307 g/mol. The lowest BCUT2D eigenvalue weighted by Crippen LogP contribution is -2.40.